The molecule has 0 fully saturated rings. The molecule has 0 N–H and O–H groups in total. The highest BCUT2D eigenvalue weighted by Gasteiger charge is 2.21. The molecule has 0 saturated heterocycles. The lowest BCUT2D eigenvalue weighted by atomic mass is 9.83. The van der Waals surface area contributed by atoms with Crippen molar-refractivity contribution < 1.29 is 4.74 Å². The van der Waals surface area contributed by atoms with Crippen LogP contribution in [0, 0.1) is 11.3 Å². The van der Waals surface area contributed by atoms with E-state index >= 15 is 0 Å². The van der Waals surface area contributed by atoms with E-state index in [-0.39, 0.29) is 5.41 Å². The summed E-state index contributed by atoms with van der Waals surface area (Å²) in [7, 11) is 1.75. The molecule has 0 aromatic heterocycles. The fourth-order valence-corrected chi connectivity index (χ4v) is 1.87. The van der Waals surface area contributed by atoms with Gasteiger partial charge in [-0.25, -0.2) is 0 Å². The van der Waals surface area contributed by atoms with Gasteiger partial charge in [0.25, 0.3) is 0 Å². The second-order valence-electron chi connectivity index (χ2n) is 4.23. The summed E-state index contributed by atoms with van der Waals surface area (Å²) in [6, 6.07) is 0. The van der Waals surface area contributed by atoms with Gasteiger partial charge in [0.1, 0.15) is 0 Å². The maximum Gasteiger partial charge on any atom is 0.0513 e. The first-order valence-electron chi connectivity index (χ1n) is 4.60. The first-order chi connectivity index (χ1) is 5.55. The summed E-state index contributed by atoms with van der Waals surface area (Å²) in [5.74, 6) is 1.40. The van der Waals surface area contributed by atoms with Crippen LogP contribution in [0.5, 0.6) is 0 Å². The molecule has 0 bridgehead atoms. The van der Waals surface area contributed by atoms with E-state index < -0.39 is 0 Å². The number of rotatable bonds is 6. The van der Waals surface area contributed by atoms with Gasteiger partial charge >= 0.3 is 0 Å². The Morgan fingerprint density at radius 2 is 2.00 bits per heavy atom. The third-order valence-electron chi connectivity index (χ3n) is 2.17. The van der Waals surface area contributed by atoms with Crippen LogP contribution in [-0.4, -0.2) is 19.6 Å². The van der Waals surface area contributed by atoms with E-state index in [9.17, 15) is 0 Å². The largest absolute Gasteiger partial charge is 0.384 e. The Labute approximate surface area is 81.4 Å². The quantitative estimate of drug-likeness (QED) is 0.587. The Morgan fingerprint density at radius 1 is 1.42 bits per heavy atom. The Hall–Kier alpha value is 0.250. The molecule has 0 saturated carbocycles. The highest BCUT2D eigenvalue weighted by atomic mass is 35.5. The molecule has 0 rings (SSSR count). The van der Waals surface area contributed by atoms with Gasteiger partial charge in [-0.15, -0.1) is 11.6 Å². The minimum Gasteiger partial charge on any atom is -0.384 e. The molecule has 12 heavy (non-hydrogen) atoms. The smallest absolute Gasteiger partial charge is 0.0513 e. The Bertz CT molecular complexity index is 108. The fourth-order valence-electron chi connectivity index (χ4n) is 1.54. The molecule has 0 heterocycles. The zero-order valence-corrected chi connectivity index (χ0v) is 9.45. The second kappa shape index (κ2) is 5.82. The lowest BCUT2D eigenvalue weighted by Crippen LogP contribution is -2.22. The van der Waals surface area contributed by atoms with Gasteiger partial charge in [-0.2, -0.15) is 0 Å². The normalized spacial score (nSPS) is 14.8. The summed E-state index contributed by atoms with van der Waals surface area (Å²) in [4.78, 5) is 0. The maximum absolute atomic E-state index is 5.83. The molecule has 0 aliphatic rings. The Balaban J connectivity index is 3.84. The molecule has 0 aliphatic carbocycles. The van der Waals surface area contributed by atoms with Gasteiger partial charge in [-0.1, -0.05) is 27.2 Å². The van der Waals surface area contributed by atoms with Gasteiger partial charge in [0.15, 0.2) is 0 Å². The first-order valence-corrected chi connectivity index (χ1v) is 5.14. The van der Waals surface area contributed by atoms with Crippen molar-refractivity contribution in [3.63, 3.8) is 0 Å². The van der Waals surface area contributed by atoms with Crippen LogP contribution in [0.25, 0.3) is 0 Å². The summed E-state index contributed by atoms with van der Waals surface area (Å²) >= 11 is 5.83. The molecular formula is C10H21ClO. The SMILES string of the molecule is CCC(CCl)CC(C)(C)COC. The summed E-state index contributed by atoms with van der Waals surface area (Å²) < 4.78 is 5.15. The Morgan fingerprint density at radius 3 is 2.33 bits per heavy atom. The standard InChI is InChI=1S/C10H21ClO/c1-5-9(7-11)6-10(2,3)8-12-4/h9H,5-8H2,1-4H3. The van der Waals surface area contributed by atoms with E-state index in [1.807, 2.05) is 0 Å². The van der Waals surface area contributed by atoms with Crippen molar-refractivity contribution >= 4 is 11.6 Å². The molecule has 0 spiro atoms. The van der Waals surface area contributed by atoms with Crippen molar-refractivity contribution in [2.45, 2.75) is 33.6 Å². The van der Waals surface area contributed by atoms with Crippen LogP contribution in [0.3, 0.4) is 0 Å². The van der Waals surface area contributed by atoms with Gasteiger partial charge in [0.05, 0.1) is 6.61 Å². The van der Waals surface area contributed by atoms with Crippen LogP contribution >= 0.6 is 11.6 Å². The molecule has 74 valence electrons. The molecule has 0 aromatic rings. The van der Waals surface area contributed by atoms with E-state index in [4.69, 9.17) is 16.3 Å². The van der Waals surface area contributed by atoms with Crippen LogP contribution in [0.4, 0.5) is 0 Å². The van der Waals surface area contributed by atoms with Gasteiger partial charge < -0.3 is 4.74 Å². The summed E-state index contributed by atoms with van der Waals surface area (Å²) in [5.41, 5.74) is 0.268. The third kappa shape index (κ3) is 5.00. The van der Waals surface area contributed by atoms with Crippen molar-refractivity contribution in [2.24, 2.45) is 11.3 Å². The summed E-state index contributed by atoms with van der Waals surface area (Å²) in [6.45, 7) is 7.47. The van der Waals surface area contributed by atoms with Crippen LogP contribution in [0.1, 0.15) is 33.6 Å². The molecule has 0 aliphatic heterocycles. The first kappa shape index (κ1) is 12.2. The predicted molar refractivity (Wildman–Crippen MR) is 54.8 cm³/mol. The average Bonchev–Trinajstić information content (AvgIpc) is 2.00. The summed E-state index contributed by atoms with van der Waals surface area (Å²) in [5, 5.41) is 0. The van der Waals surface area contributed by atoms with E-state index in [0.29, 0.717) is 5.92 Å². The molecule has 2 heteroatoms. The van der Waals surface area contributed by atoms with Gasteiger partial charge in [0, 0.05) is 13.0 Å². The van der Waals surface area contributed by atoms with Crippen molar-refractivity contribution in [3.05, 3.63) is 0 Å². The van der Waals surface area contributed by atoms with Crippen LogP contribution in [0.15, 0.2) is 0 Å². The molecule has 1 nitrogen and oxygen atoms in total. The molecule has 1 atom stereocenters. The number of methoxy groups -OCH3 is 1. The minimum absolute atomic E-state index is 0.268. The second-order valence-corrected chi connectivity index (χ2v) is 4.54. The van der Waals surface area contributed by atoms with Crippen LogP contribution < -0.4 is 0 Å². The minimum atomic E-state index is 0.268. The van der Waals surface area contributed by atoms with Gasteiger partial charge in [0.2, 0.25) is 0 Å². The number of hydrogen-bond acceptors (Lipinski definition) is 1. The van der Waals surface area contributed by atoms with Crippen molar-refractivity contribution in [1.29, 1.82) is 0 Å². The predicted octanol–water partition coefficient (Wildman–Crippen LogP) is 3.31. The highest BCUT2D eigenvalue weighted by Crippen LogP contribution is 2.27. The van der Waals surface area contributed by atoms with Crippen LogP contribution in [-0.2, 0) is 4.74 Å². The Kier molecular flexibility index (Phi) is 5.94. The molecular weight excluding hydrogens is 172 g/mol. The van der Waals surface area contributed by atoms with E-state index in [1.165, 1.54) is 0 Å². The number of halogens is 1. The van der Waals surface area contributed by atoms with Crippen LogP contribution in [0.2, 0.25) is 0 Å². The van der Waals surface area contributed by atoms with E-state index in [2.05, 4.69) is 20.8 Å². The third-order valence-corrected chi connectivity index (χ3v) is 2.61. The van der Waals surface area contributed by atoms with E-state index in [0.717, 1.165) is 25.3 Å². The van der Waals surface area contributed by atoms with E-state index in [1.54, 1.807) is 7.11 Å². The monoisotopic (exact) mass is 192 g/mol. The molecule has 0 aromatic carbocycles. The summed E-state index contributed by atoms with van der Waals surface area (Å²) in [6.07, 6.45) is 2.32. The highest BCUT2D eigenvalue weighted by molar-refractivity contribution is 6.18. The topological polar surface area (TPSA) is 9.23 Å². The molecule has 1 unspecified atom stereocenters. The number of alkyl halides is 1. The van der Waals surface area contributed by atoms with Crippen molar-refractivity contribution in [1.82, 2.24) is 0 Å². The lowest BCUT2D eigenvalue weighted by Gasteiger charge is -2.27. The zero-order valence-electron chi connectivity index (χ0n) is 8.69. The van der Waals surface area contributed by atoms with Gasteiger partial charge in [-0.05, 0) is 17.8 Å². The number of hydrogen-bond donors (Lipinski definition) is 0. The fraction of sp³-hybridized carbons (Fsp3) is 1.00. The zero-order chi connectivity index (χ0) is 9.61. The van der Waals surface area contributed by atoms with Crippen molar-refractivity contribution in [2.75, 3.05) is 19.6 Å². The molecule has 0 radical (unpaired) electrons. The average molecular weight is 193 g/mol. The maximum atomic E-state index is 5.83. The molecule has 0 amide bonds. The lowest BCUT2D eigenvalue weighted by molar-refractivity contribution is 0.0870. The van der Waals surface area contributed by atoms with Crippen molar-refractivity contribution in [3.8, 4) is 0 Å². The van der Waals surface area contributed by atoms with Gasteiger partial charge in [-0.3, -0.25) is 0 Å². The number of ether oxygens (including phenoxy) is 1.